The summed E-state index contributed by atoms with van der Waals surface area (Å²) in [4.78, 5) is 14.0. The molecule has 1 amide bonds. The zero-order chi connectivity index (χ0) is 17.5. The molecule has 1 saturated heterocycles. The molecule has 0 radical (unpaired) electrons. The van der Waals surface area contributed by atoms with Crippen molar-refractivity contribution in [1.82, 2.24) is 4.90 Å². The third-order valence-corrected chi connectivity index (χ3v) is 5.18. The van der Waals surface area contributed by atoms with Crippen LogP contribution in [-0.2, 0) is 11.2 Å². The maximum absolute atomic E-state index is 12.2. The average Bonchev–Trinajstić information content (AvgIpc) is 2.78. The molecular formula is C19H27NO4. The van der Waals surface area contributed by atoms with Gasteiger partial charge < -0.3 is 19.5 Å². The number of carbonyl (C=O) groups is 1. The number of aliphatic hydroxyl groups is 1. The molecule has 1 aliphatic carbocycles. The molecule has 5 nitrogen and oxygen atoms in total. The van der Waals surface area contributed by atoms with E-state index < -0.39 is 11.7 Å². The zero-order valence-corrected chi connectivity index (χ0v) is 15.0. The van der Waals surface area contributed by atoms with E-state index in [-0.39, 0.29) is 11.5 Å². The molecule has 1 heterocycles. The molecular weight excluding hydrogens is 306 g/mol. The van der Waals surface area contributed by atoms with E-state index in [1.807, 2.05) is 39.0 Å². The summed E-state index contributed by atoms with van der Waals surface area (Å²) in [7, 11) is 1.64. The Morgan fingerprint density at radius 2 is 1.96 bits per heavy atom. The van der Waals surface area contributed by atoms with Crippen LogP contribution in [-0.4, -0.2) is 41.9 Å². The van der Waals surface area contributed by atoms with Gasteiger partial charge in [-0.05, 0) is 63.3 Å². The van der Waals surface area contributed by atoms with E-state index >= 15 is 0 Å². The highest BCUT2D eigenvalue weighted by Gasteiger charge is 2.47. The molecule has 5 heteroatoms. The number of methoxy groups -OCH3 is 1. The van der Waals surface area contributed by atoms with Crippen LogP contribution < -0.4 is 4.74 Å². The minimum absolute atomic E-state index is 0.173. The first-order valence-electron chi connectivity index (χ1n) is 8.57. The standard InChI is InChI=1S/C19H27NO4/c1-18(2,3)24-17(22)20-9-7-19(8-10-20)12-13-5-6-14(23-4)11-15(13)16(19)21/h5-6,11,16,21H,7-10,12H2,1-4H3. The topological polar surface area (TPSA) is 59.0 Å². The number of hydrogen-bond acceptors (Lipinski definition) is 4. The number of rotatable bonds is 1. The average molecular weight is 333 g/mol. The fraction of sp³-hybridized carbons (Fsp3) is 0.632. The number of nitrogens with zero attached hydrogens (tertiary/aromatic N) is 1. The second kappa shape index (κ2) is 5.96. The lowest BCUT2D eigenvalue weighted by Gasteiger charge is -2.41. The summed E-state index contributed by atoms with van der Waals surface area (Å²) in [6.45, 7) is 6.87. The molecule has 132 valence electrons. The Morgan fingerprint density at radius 3 is 2.54 bits per heavy atom. The molecule has 1 aromatic rings. The van der Waals surface area contributed by atoms with Gasteiger partial charge in [-0.25, -0.2) is 4.79 Å². The molecule has 24 heavy (non-hydrogen) atoms. The minimum Gasteiger partial charge on any atom is -0.497 e. The van der Waals surface area contributed by atoms with E-state index in [0.29, 0.717) is 13.1 Å². The molecule has 3 rings (SSSR count). The Morgan fingerprint density at radius 1 is 1.29 bits per heavy atom. The predicted molar refractivity (Wildman–Crippen MR) is 91.1 cm³/mol. The van der Waals surface area contributed by atoms with Crippen molar-refractivity contribution >= 4 is 6.09 Å². The first kappa shape index (κ1) is 17.1. The van der Waals surface area contributed by atoms with Crippen molar-refractivity contribution < 1.29 is 19.4 Å². The van der Waals surface area contributed by atoms with Crippen molar-refractivity contribution in [2.24, 2.45) is 5.41 Å². The predicted octanol–water partition coefficient (Wildman–Crippen LogP) is 3.30. The van der Waals surface area contributed by atoms with Crippen molar-refractivity contribution in [1.29, 1.82) is 0 Å². The summed E-state index contributed by atoms with van der Waals surface area (Å²) in [6, 6.07) is 5.93. The molecule has 1 aromatic carbocycles. The molecule has 1 aliphatic heterocycles. The highest BCUT2D eigenvalue weighted by molar-refractivity contribution is 5.68. The van der Waals surface area contributed by atoms with E-state index in [1.54, 1.807) is 12.0 Å². The van der Waals surface area contributed by atoms with Gasteiger partial charge in [0.25, 0.3) is 0 Å². The van der Waals surface area contributed by atoms with Gasteiger partial charge in [-0.2, -0.15) is 0 Å². The summed E-state index contributed by atoms with van der Waals surface area (Å²) in [5.41, 5.74) is 1.51. The number of ether oxygens (including phenoxy) is 2. The van der Waals surface area contributed by atoms with Gasteiger partial charge in [-0.3, -0.25) is 0 Å². The number of fused-ring (bicyclic) bond motifs is 1. The van der Waals surface area contributed by atoms with E-state index in [4.69, 9.17) is 9.47 Å². The number of aliphatic hydroxyl groups excluding tert-OH is 1. The van der Waals surface area contributed by atoms with E-state index in [9.17, 15) is 9.90 Å². The Bertz CT molecular complexity index is 627. The van der Waals surface area contributed by atoms with Crippen molar-refractivity contribution in [3.8, 4) is 5.75 Å². The van der Waals surface area contributed by atoms with Crippen LogP contribution >= 0.6 is 0 Å². The van der Waals surface area contributed by atoms with E-state index in [1.165, 1.54) is 5.56 Å². The molecule has 1 N–H and O–H groups in total. The van der Waals surface area contributed by atoms with Crippen LogP contribution in [0, 0.1) is 5.41 Å². The van der Waals surface area contributed by atoms with Crippen molar-refractivity contribution in [2.75, 3.05) is 20.2 Å². The summed E-state index contributed by atoms with van der Waals surface area (Å²) in [5, 5.41) is 10.9. The van der Waals surface area contributed by atoms with Gasteiger partial charge in [0.2, 0.25) is 0 Å². The number of carbonyl (C=O) groups excluding carboxylic acids is 1. The Kier molecular flexibility index (Phi) is 4.24. The smallest absolute Gasteiger partial charge is 0.410 e. The van der Waals surface area contributed by atoms with Gasteiger partial charge in [-0.1, -0.05) is 6.07 Å². The largest absolute Gasteiger partial charge is 0.497 e. The van der Waals surface area contributed by atoms with Crippen LogP contribution in [0.4, 0.5) is 4.79 Å². The van der Waals surface area contributed by atoms with Gasteiger partial charge in [0.1, 0.15) is 11.4 Å². The Balaban J connectivity index is 1.69. The van der Waals surface area contributed by atoms with Gasteiger partial charge >= 0.3 is 6.09 Å². The lowest BCUT2D eigenvalue weighted by atomic mass is 9.74. The zero-order valence-electron chi connectivity index (χ0n) is 15.0. The van der Waals surface area contributed by atoms with Crippen molar-refractivity contribution in [3.63, 3.8) is 0 Å². The summed E-state index contributed by atoms with van der Waals surface area (Å²) in [5.74, 6) is 0.774. The maximum atomic E-state index is 12.2. The normalized spacial score (nSPS) is 22.4. The van der Waals surface area contributed by atoms with Crippen LogP contribution in [0.25, 0.3) is 0 Å². The lowest BCUT2D eigenvalue weighted by Crippen LogP contribution is -2.46. The van der Waals surface area contributed by atoms with Crippen molar-refractivity contribution in [3.05, 3.63) is 29.3 Å². The number of piperidine rings is 1. The summed E-state index contributed by atoms with van der Waals surface area (Å²) < 4.78 is 10.7. The Labute approximate surface area is 143 Å². The van der Waals surface area contributed by atoms with Gasteiger partial charge in [-0.15, -0.1) is 0 Å². The van der Waals surface area contributed by atoms with Crippen molar-refractivity contribution in [2.45, 2.75) is 51.7 Å². The second-order valence-corrected chi connectivity index (χ2v) is 7.97. The number of likely N-dealkylation sites (tertiary alicyclic amines) is 1. The van der Waals surface area contributed by atoms with Crippen LogP contribution in [0.15, 0.2) is 18.2 Å². The summed E-state index contributed by atoms with van der Waals surface area (Å²) >= 11 is 0. The molecule has 2 aliphatic rings. The summed E-state index contributed by atoms with van der Waals surface area (Å²) in [6.07, 6.45) is 1.66. The molecule has 0 aromatic heterocycles. The van der Waals surface area contributed by atoms with Gasteiger partial charge in [0.15, 0.2) is 0 Å². The maximum Gasteiger partial charge on any atom is 0.410 e. The quantitative estimate of drug-likeness (QED) is 0.857. The number of amides is 1. The van der Waals surface area contributed by atoms with E-state index in [0.717, 1.165) is 30.6 Å². The minimum atomic E-state index is -0.497. The van der Waals surface area contributed by atoms with Gasteiger partial charge in [0.05, 0.1) is 13.2 Å². The third-order valence-electron chi connectivity index (χ3n) is 5.18. The number of hydrogen-bond donors (Lipinski definition) is 1. The van der Waals surface area contributed by atoms with Crippen LogP contribution in [0.1, 0.15) is 50.8 Å². The molecule has 1 atom stereocenters. The fourth-order valence-electron chi connectivity index (χ4n) is 3.83. The highest BCUT2D eigenvalue weighted by atomic mass is 16.6. The molecule has 0 saturated carbocycles. The SMILES string of the molecule is COc1ccc2c(c1)C(O)C1(CCN(C(=O)OC(C)(C)C)CC1)C2. The van der Waals surface area contributed by atoms with E-state index in [2.05, 4.69) is 0 Å². The molecule has 0 bridgehead atoms. The molecule has 1 spiro atoms. The van der Waals surface area contributed by atoms with Crippen LogP contribution in [0.2, 0.25) is 0 Å². The van der Waals surface area contributed by atoms with Crippen LogP contribution in [0.5, 0.6) is 5.75 Å². The molecule has 1 unspecified atom stereocenters. The van der Waals surface area contributed by atoms with Gasteiger partial charge in [0, 0.05) is 18.5 Å². The second-order valence-electron chi connectivity index (χ2n) is 7.97. The lowest BCUT2D eigenvalue weighted by molar-refractivity contribution is -0.0255. The fourth-order valence-corrected chi connectivity index (χ4v) is 3.83. The monoisotopic (exact) mass is 333 g/mol. The Hall–Kier alpha value is -1.75. The first-order chi connectivity index (χ1) is 11.2. The number of benzene rings is 1. The third kappa shape index (κ3) is 3.09. The molecule has 1 fully saturated rings. The highest BCUT2D eigenvalue weighted by Crippen LogP contribution is 2.52. The van der Waals surface area contributed by atoms with Crippen LogP contribution in [0.3, 0.4) is 0 Å². The first-order valence-corrected chi connectivity index (χ1v) is 8.57.